The van der Waals surface area contributed by atoms with Crippen LogP contribution in [-0.4, -0.2) is 18.3 Å². The Morgan fingerprint density at radius 1 is 1.03 bits per heavy atom. The molecular weight excluding hydrogens is 432 g/mol. The second kappa shape index (κ2) is 10.0. The minimum absolute atomic E-state index is 0.0350. The molecule has 4 aromatic rings. The van der Waals surface area contributed by atoms with Crippen molar-refractivity contribution in [2.75, 3.05) is 12.5 Å². The van der Waals surface area contributed by atoms with Crippen LogP contribution in [0.3, 0.4) is 0 Å². The van der Waals surface area contributed by atoms with Crippen molar-refractivity contribution in [3.8, 4) is 22.8 Å². The van der Waals surface area contributed by atoms with Crippen molar-refractivity contribution in [1.82, 2.24) is 4.98 Å². The molecule has 3 aromatic carbocycles. The lowest BCUT2D eigenvalue weighted by atomic mass is 10.1. The fraction of sp³-hybridized carbons (Fsp3) is 0.0833. The molecule has 4 rings (SSSR count). The Morgan fingerprint density at radius 3 is 2.62 bits per heavy atom. The first-order valence-corrected chi connectivity index (χ1v) is 10.5. The first-order chi connectivity index (χ1) is 15.6. The molecule has 0 aliphatic rings. The smallest absolute Gasteiger partial charge is 0.203 e. The number of methoxy groups -OCH3 is 1. The molecule has 162 valence electrons. The summed E-state index contributed by atoms with van der Waals surface area (Å²) in [5.41, 5.74) is 6.33. The summed E-state index contributed by atoms with van der Waals surface area (Å²) in [5, 5.41) is 6.88. The Hall–Kier alpha value is -3.78. The van der Waals surface area contributed by atoms with E-state index in [4.69, 9.17) is 9.47 Å². The van der Waals surface area contributed by atoms with E-state index in [9.17, 15) is 8.78 Å². The molecule has 8 heteroatoms. The predicted octanol–water partition coefficient (Wildman–Crippen LogP) is 6.12. The van der Waals surface area contributed by atoms with E-state index >= 15 is 0 Å². The van der Waals surface area contributed by atoms with E-state index in [2.05, 4.69) is 15.5 Å². The minimum Gasteiger partial charge on any atom is -0.496 e. The number of hydrogen-bond acceptors (Lipinski definition) is 6. The lowest BCUT2D eigenvalue weighted by molar-refractivity contribution is 0.282. The van der Waals surface area contributed by atoms with Crippen LogP contribution in [-0.2, 0) is 6.61 Å². The Morgan fingerprint density at radius 2 is 1.84 bits per heavy atom. The van der Waals surface area contributed by atoms with Crippen LogP contribution in [0.4, 0.5) is 13.9 Å². The molecule has 0 atom stereocenters. The van der Waals surface area contributed by atoms with Crippen molar-refractivity contribution in [2.45, 2.75) is 6.61 Å². The van der Waals surface area contributed by atoms with Gasteiger partial charge in [0.25, 0.3) is 0 Å². The van der Waals surface area contributed by atoms with E-state index in [0.29, 0.717) is 16.4 Å². The average Bonchev–Trinajstić information content (AvgIpc) is 3.28. The van der Waals surface area contributed by atoms with Crippen molar-refractivity contribution < 1.29 is 18.3 Å². The molecule has 0 saturated heterocycles. The fourth-order valence-corrected chi connectivity index (χ4v) is 3.64. The van der Waals surface area contributed by atoms with Gasteiger partial charge in [-0.15, -0.1) is 11.3 Å². The SMILES string of the molecule is COc1ccc(C=NNc2nc(-c3ccccc3)cs2)cc1COc1ccc(F)cc1F. The molecule has 0 amide bonds. The maximum atomic E-state index is 13.8. The van der Waals surface area contributed by atoms with E-state index in [1.807, 2.05) is 47.8 Å². The zero-order chi connectivity index (χ0) is 22.3. The Bertz CT molecular complexity index is 1230. The lowest BCUT2D eigenvalue weighted by Crippen LogP contribution is -2.01. The molecule has 0 aliphatic carbocycles. The number of benzene rings is 3. The van der Waals surface area contributed by atoms with E-state index in [0.717, 1.165) is 29.0 Å². The molecule has 32 heavy (non-hydrogen) atoms. The molecule has 0 aliphatic heterocycles. The number of hydrazone groups is 1. The topological polar surface area (TPSA) is 55.7 Å². The molecule has 0 spiro atoms. The van der Waals surface area contributed by atoms with Crippen LogP contribution < -0.4 is 14.9 Å². The third kappa shape index (κ3) is 5.28. The molecule has 5 nitrogen and oxygen atoms in total. The summed E-state index contributed by atoms with van der Waals surface area (Å²) in [6.45, 7) is 0.0494. The van der Waals surface area contributed by atoms with Gasteiger partial charge in [0.15, 0.2) is 11.6 Å². The second-order valence-corrected chi connectivity index (χ2v) is 7.57. The van der Waals surface area contributed by atoms with Crippen molar-refractivity contribution in [3.63, 3.8) is 0 Å². The first kappa shape index (κ1) is 21.5. The minimum atomic E-state index is -0.760. The Labute approximate surface area is 188 Å². The molecule has 0 fully saturated rings. The number of nitrogens with zero attached hydrogens (tertiary/aromatic N) is 2. The summed E-state index contributed by atoms with van der Waals surface area (Å²) in [6.07, 6.45) is 1.64. The molecule has 1 N–H and O–H groups in total. The zero-order valence-electron chi connectivity index (χ0n) is 17.1. The molecule has 0 radical (unpaired) electrons. The summed E-state index contributed by atoms with van der Waals surface area (Å²) >= 11 is 1.46. The van der Waals surface area contributed by atoms with Gasteiger partial charge in [-0.3, -0.25) is 5.43 Å². The first-order valence-electron chi connectivity index (χ1n) is 9.67. The number of aromatic nitrogens is 1. The highest BCUT2D eigenvalue weighted by Crippen LogP contribution is 2.25. The summed E-state index contributed by atoms with van der Waals surface area (Å²) in [4.78, 5) is 4.53. The third-order valence-corrected chi connectivity index (χ3v) is 5.28. The van der Waals surface area contributed by atoms with Gasteiger partial charge in [0, 0.05) is 22.6 Å². The van der Waals surface area contributed by atoms with Crippen LogP contribution in [0.5, 0.6) is 11.5 Å². The highest BCUT2D eigenvalue weighted by molar-refractivity contribution is 7.14. The number of halogens is 2. The molecular formula is C24H19F2N3O2S. The van der Waals surface area contributed by atoms with Gasteiger partial charge in [-0.25, -0.2) is 13.8 Å². The summed E-state index contributed by atoms with van der Waals surface area (Å²) in [5.74, 6) is -0.865. The Balaban J connectivity index is 1.43. The summed E-state index contributed by atoms with van der Waals surface area (Å²) in [7, 11) is 1.54. The number of rotatable bonds is 8. The van der Waals surface area contributed by atoms with Gasteiger partial charge in [-0.1, -0.05) is 30.3 Å². The fourth-order valence-electron chi connectivity index (χ4n) is 2.97. The zero-order valence-corrected chi connectivity index (χ0v) is 17.9. The standard InChI is InChI=1S/C24H19F2N3O2S/c1-30-22-9-7-16(11-18(22)14-31-23-10-8-19(25)12-20(23)26)13-27-29-24-28-21(15-32-24)17-5-3-2-4-6-17/h2-13,15H,14H2,1H3,(H,28,29). The monoisotopic (exact) mass is 451 g/mol. The number of nitrogens with one attached hydrogen (secondary N) is 1. The number of hydrogen-bond donors (Lipinski definition) is 1. The molecule has 0 bridgehead atoms. The number of ether oxygens (including phenoxy) is 2. The van der Waals surface area contributed by atoms with Gasteiger partial charge in [0.05, 0.1) is 19.0 Å². The van der Waals surface area contributed by atoms with Gasteiger partial charge >= 0.3 is 0 Å². The van der Waals surface area contributed by atoms with Crippen LogP contribution in [0.15, 0.2) is 77.2 Å². The highest BCUT2D eigenvalue weighted by Gasteiger charge is 2.09. The Kier molecular flexibility index (Phi) is 6.72. The van der Waals surface area contributed by atoms with Gasteiger partial charge in [0.1, 0.15) is 18.2 Å². The number of anilines is 1. The summed E-state index contributed by atoms with van der Waals surface area (Å²) in [6, 6.07) is 18.5. The number of thiazole rings is 1. The predicted molar refractivity (Wildman–Crippen MR) is 122 cm³/mol. The van der Waals surface area contributed by atoms with Gasteiger partial charge in [0.2, 0.25) is 5.13 Å². The van der Waals surface area contributed by atoms with Crippen LogP contribution in [0, 0.1) is 11.6 Å². The van der Waals surface area contributed by atoms with Crippen LogP contribution in [0.25, 0.3) is 11.3 Å². The van der Waals surface area contributed by atoms with Crippen LogP contribution in [0.2, 0.25) is 0 Å². The normalized spacial score (nSPS) is 11.0. The molecule has 0 unspecified atom stereocenters. The van der Waals surface area contributed by atoms with E-state index in [-0.39, 0.29) is 12.4 Å². The highest BCUT2D eigenvalue weighted by atomic mass is 32.1. The van der Waals surface area contributed by atoms with Gasteiger partial charge in [-0.05, 0) is 35.9 Å². The van der Waals surface area contributed by atoms with Gasteiger partial charge < -0.3 is 9.47 Å². The second-order valence-electron chi connectivity index (χ2n) is 6.71. The third-order valence-electron chi connectivity index (χ3n) is 4.53. The average molecular weight is 451 g/mol. The van der Waals surface area contributed by atoms with Crippen molar-refractivity contribution in [1.29, 1.82) is 0 Å². The van der Waals surface area contributed by atoms with Crippen LogP contribution >= 0.6 is 11.3 Å². The quantitative estimate of drug-likeness (QED) is 0.259. The van der Waals surface area contributed by atoms with Crippen molar-refractivity contribution in [3.05, 3.63) is 94.9 Å². The maximum Gasteiger partial charge on any atom is 0.203 e. The summed E-state index contributed by atoms with van der Waals surface area (Å²) < 4.78 is 37.8. The largest absolute Gasteiger partial charge is 0.496 e. The van der Waals surface area contributed by atoms with E-state index < -0.39 is 11.6 Å². The van der Waals surface area contributed by atoms with Crippen molar-refractivity contribution in [2.24, 2.45) is 5.10 Å². The van der Waals surface area contributed by atoms with E-state index in [1.54, 1.807) is 19.4 Å². The molecule has 1 heterocycles. The van der Waals surface area contributed by atoms with Gasteiger partial charge in [-0.2, -0.15) is 5.10 Å². The molecule has 0 saturated carbocycles. The van der Waals surface area contributed by atoms with Crippen molar-refractivity contribution >= 4 is 22.7 Å². The lowest BCUT2D eigenvalue weighted by Gasteiger charge is -2.11. The van der Waals surface area contributed by atoms with E-state index in [1.165, 1.54) is 17.4 Å². The van der Waals surface area contributed by atoms with Crippen LogP contribution in [0.1, 0.15) is 11.1 Å². The molecule has 1 aromatic heterocycles. The maximum absolute atomic E-state index is 13.8.